The van der Waals surface area contributed by atoms with E-state index in [1.165, 1.54) is 18.5 Å². The van der Waals surface area contributed by atoms with Crippen LogP contribution in [0.4, 0.5) is 20.4 Å². The molecule has 7 heteroatoms. The van der Waals surface area contributed by atoms with Crippen molar-refractivity contribution in [2.24, 2.45) is 0 Å². The molecule has 0 amide bonds. The lowest BCUT2D eigenvalue weighted by atomic mass is 10.0. The first-order valence-corrected chi connectivity index (χ1v) is 7.72. The molecule has 0 radical (unpaired) electrons. The Bertz CT molecular complexity index is 915. The number of halogens is 2. The van der Waals surface area contributed by atoms with Gasteiger partial charge in [-0.2, -0.15) is 0 Å². The Morgan fingerprint density at radius 3 is 2.88 bits per heavy atom. The first-order valence-electron chi connectivity index (χ1n) is 7.72. The first-order chi connectivity index (χ1) is 11.6. The maximum Gasteiger partial charge on any atom is 0.153 e. The quantitative estimate of drug-likeness (QED) is 0.783. The van der Waals surface area contributed by atoms with Gasteiger partial charge in [0.1, 0.15) is 29.3 Å². The molecule has 0 spiro atoms. The summed E-state index contributed by atoms with van der Waals surface area (Å²) in [6.07, 6.45) is 3.00. The Morgan fingerprint density at radius 2 is 2.00 bits per heavy atom. The molecular formula is C17H15F2N5. The lowest BCUT2D eigenvalue weighted by Crippen LogP contribution is -2.24. The van der Waals surface area contributed by atoms with Gasteiger partial charge in [0.25, 0.3) is 0 Å². The van der Waals surface area contributed by atoms with Gasteiger partial charge in [0, 0.05) is 12.1 Å². The van der Waals surface area contributed by atoms with Gasteiger partial charge in [0.05, 0.1) is 11.6 Å². The molecule has 2 N–H and O–H groups in total. The molecule has 1 saturated heterocycles. The highest BCUT2D eigenvalue weighted by Crippen LogP contribution is 2.37. The lowest BCUT2D eigenvalue weighted by Gasteiger charge is -2.26. The molecule has 1 atom stereocenters. The Kier molecular flexibility index (Phi) is 3.48. The van der Waals surface area contributed by atoms with Crippen LogP contribution >= 0.6 is 0 Å². The van der Waals surface area contributed by atoms with Crippen molar-refractivity contribution < 1.29 is 8.78 Å². The fraction of sp³-hybridized carbons (Fsp3) is 0.235. The van der Waals surface area contributed by atoms with Gasteiger partial charge in [0.2, 0.25) is 0 Å². The minimum Gasteiger partial charge on any atom is -0.382 e. The number of hydrogen-bond acceptors (Lipinski definition) is 5. The fourth-order valence-corrected chi connectivity index (χ4v) is 3.24. The molecule has 3 aromatic rings. The van der Waals surface area contributed by atoms with Crippen LogP contribution in [0.25, 0.3) is 11.0 Å². The van der Waals surface area contributed by atoms with Gasteiger partial charge in [-0.1, -0.05) is 0 Å². The van der Waals surface area contributed by atoms with E-state index in [2.05, 4.69) is 15.0 Å². The van der Waals surface area contributed by atoms with Gasteiger partial charge < -0.3 is 10.6 Å². The number of rotatable bonds is 2. The molecule has 3 heterocycles. The number of pyridine rings is 1. The van der Waals surface area contributed by atoms with Crippen molar-refractivity contribution >= 4 is 22.7 Å². The summed E-state index contributed by atoms with van der Waals surface area (Å²) in [6, 6.07) is 6.94. The number of nitrogens with two attached hydrogens (primary N) is 1. The van der Waals surface area contributed by atoms with Gasteiger partial charge in [0.15, 0.2) is 5.82 Å². The monoisotopic (exact) mass is 327 g/mol. The molecule has 1 fully saturated rings. The van der Waals surface area contributed by atoms with Crippen LogP contribution in [0, 0.1) is 11.6 Å². The van der Waals surface area contributed by atoms with E-state index in [-0.39, 0.29) is 6.04 Å². The van der Waals surface area contributed by atoms with E-state index in [1.807, 2.05) is 17.0 Å². The van der Waals surface area contributed by atoms with E-state index in [0.29, 0.717) is 34.8 Å². The highest BCUT2D eigenvalue weighted by atomic mass is 19.1. The average molecular weight is 327 g/mol. The molecule has 0 bridgehead atoms. The molecule has 1 aliphatic rings. The molecule has 0 unspecified atom stereocenters. The van der Waals surface area contributed by atoms with E-state index >= 15 is 0 Å². The number of anilines is 2. The average Bonchev–Trinajstić information content (AvgIpc) is 3.06. The predicted molar refractivity (Wildman–Crippen MR) is 87.4 cm³/mol. The minimum absolute atomic E-state index is 0.253. The second-order valence-electron chi connectivity index (χ2n) is 5.81. The summed E-state index contributed by atoms with van der Waals surface area (Å²) in [7, 11) is 0. The summed E-state index contributed by atoms with van der Waals surface area (Å²) in [5.74, 6) is 0.115. The van der Waals surface area contributed by atoms with Crippen LogP contribution in [0.2, 0.25) is 0 Å². The summed E-state index contributed by atoms with van der Waals surface area (Å²) in [4.78, 5) is 14.6. The zero-order valence-electron chi connectivity index (χ0n) is 12.8. The number of nitrogen functional groups attached to an aromatic ring is 1. The maximum atomic E-state index is 14.2. The first kappa shape index (κ1) is 14.7. The Balaban J connectivity index is 1.78. The van der Waals surface area contributed by atoms with Crippen molar-refractivity contribution in [1.29, 1.82) is 0 Å². The Hall–Kier alpha value is -2.83. The van der Waals surface area contributed by atoms with Gasteiger partial charge in [-0.3, -0.25) is 0 Å². The molecule has 1 aliphatic heterocycles. The molecule has 122 valence electrons. The predicted octanol–water partition coefficient (Wildman–Crippen LogP) is 3.23. The van der Waals surface area contributed by atoms with Crippen molar-refractivity contribution in [3.8, 4) is 0 Å². The van der Waals surface area contributed by atoms with Crippen molar-refractivity contribution in [3.05, 3.63) is 53.9 Å². The van der Waals surface area contributed by atoms with Gasteiger partial charge >= 0.3 is 0 Å². The van der Waals surface area contributed by atoms with Crippen molar-refractivity contribution in [1.82, 2.24) is 15.0 Å². The van der Waals surface area contributed by atoms with E-state index in [9.17, 15) is 8.78 Å². The van der Waals surface area contributed by atoms with Crippen LogP contribution < -0.4 is 10.6 Å². The van der Waals surface area contributed by atoms with Crippen molar-refractivity contribution in [2.75, 3.05) is 17.2 Å². The third-order valence-corrected chi connectivity index (χ3v) is 4.36. The molecular weight excluding hydrogens is 312 g/mol. The number of nitrogens with zero attached hydrogens (tertiary/aromatic N) is 4. The third kappa shape index (κ3) is 2.42. The summed E-state index contributed by atoms with van der Waals surface area (Å²) < 4.78 is 27.7. The summed E-state index contributed by atoms with van der Waals surface area (Å²) in [5, 5.41) is 0. The highest BCUT2D eigenvalue weighted by Gasteiger charge is 2.29. The number of benzene rings is 1. The largest absolute Gasteiger partial charge is 0.382 e. The molecule has 2 aromatic heterocycles. The molecule has 1 aromatic carbocycles. The SMILES string of the molecule is Nc1ncnc2ccc(N3CCC[C@@H]3c3cc(F)ccc3F)nc12. The molecule has 0 saturated carbocycles. The third-order valence-electron chi connectivity index (χ3n) is 4.36. The van der Waals surface area contributed by atoms with Gasteiger partial charge in [-0.15, -0.1) is 0 Å². The summed E-state index contributed by atoms with van der Waals surface area (Å²) in [5.41, 5.74) is 7.39. The number of hydrogen-bond donors (Lipinski definition) is 1. The Morgan fingerprint density at radius 1 is 1.12 bits per heavy atom. The molecule has 4 rings (SSSR count). The second-order valence-corrected chi connectivity index (χ2v) is 5.81. The van der Waals surface area contributed by atoms with E-state index < -0.39 is 11.6 Å². The normalized spacial score (nSPS) is 17.6. The Labute approximate surface area is 137 Å². The molecule has 5 nitrogen and oxygen atoms in total. The standard InChI is InChI=1S/C17H15F2N5/c18-10-3-4-12(19)11(8-10)14-2-1-7-24(14)15-6-5-13-16(23-15)17(20)22-9-21-13/h3-6,8-9,14H,1-2,7H2,(H2,20,21,22)/t14-/m1/s1. The van der Waals surface area contributed by atoms with Crippen LogP contribution in [0.5, 0.6) is 0 Å². The lowest BCUT2D eigenvalue weighted by molar-refractivity contribution is 0.560. The smallest absolute Gasteiger partial charge is 0.153 e. The van der Waals surface area contributed by atoms with E-state index in [0.717, 1.165) is 18.9 Å². The number of aromatic nitrogens is 3. The summed E-state index contributed by atoms with van der Waals surface area (Å²) in [6.45, 7) is 0.715. The van der Waals surface area contributed by atoms with Crippen molar-refractivity contribution in [3.63, 3.8) is 0 Å². The van der Waals surface area contributed by atoms with Crippen LogP contribution in [-0.2, 0) is 0 Å². The second kappa shape index (κ2) is 5.67. The zero-order valence-corrected chi connectivity index (χ0v) is 12.8. The van der Waals surface area contributed by atoms with Crippen LogP contribution in [0.15, 0.2) is 36.7 Å². The van der Waals surface area contributed by atoms with E-state index in [1.54, 1.807) is 0 Å². The van der Waals surface area contributed by atoms with Crippen LogP contribution in [0.3, 0.4) is 0 Å². The van der Waals surface area contributed by atoms with Crippen LogP contribution in [-0.4, -0.2) is 21.5 Å². The van der Waals surface area contributed by atoms with E-state index in [4.69, 9.17) is 5.73 Å². The molecule has 24 heavy (non-hydrogen) atoms. The topological polar surface area (TPSA) is 67.9 Å². The van der Waals surface area contributed by atoms with Crippen molar-refractivity contribution in [2.45, 2.75) is 18.9 Å². The fourth-order valence-electron chi connectivity index (χ4n) is 3.24. The highest BCUT2D eigenvalue weighted by molar-refractivity contribution is 5.85. The number of fused-ring (bicyclic) bond motifs is 1. The molecule has 0 aliphatic carbocycles. The van der Waals surface area contributed by atoms with Crippen LogP contribution in [0.1, 0.15) is 24.4 Å². The van der Waals surface area contributed by atoms with Gasteiger partial charge in [-0.05, 0) is 43.2 Å². The maximum absolute atomic E-state index is 14.2. The van der Waals surface area contributed by atoms with Gasteiger partial charge in [-0.25, -0.2) is 23.7 Å². The zero-order chi connectivity index (χ0) is 16.7. The summed E-state index contributed by atoms with van der Waals surface area (Å²) >= 11 is 0. The minimum atomic E-state index is -0.442.